The van der Waals surface area contributed by atoms with E-state index in [4.69, 9.17) is 0 Å². The molecule has 5 nitrogen and oxygen atoms in total. The van der Waals surface area contributed by atoms with Gasteiger partial charge >= 0.3 is 11.9 Å². The summed E-state index contributed by atoms with van der Waals surface area (Å²) in [7, 11) is 2.55. The van der Waals surface area contributed by atoms with Crippen LogP contribution in [0.5, 0.6) is 0 Å². The van der Waals surface area contributed by atoms with Gasteiger partial charge in [0.2, 0.25) is 0 Å². The number of Topliss-reactive ketones (excluding diaryl/α,β-unsaturated/α-hetero) is 1. The molecule has 0 bridgehead atoms. The summed E-state index contributed by atoms with van der Waals surface area (Å²) in [6.45, 7) is 0. The van der Waals surface area contributed by atoms with Gasteiger partial charge in [0.15, 0.2) is 5.78 Å². The summed E-state index contributed by atoms with van der Waals surface area (Å²) >= 11 is 0. The Morgan fingerprint density at radius 1 is 1.22 bits per heavy atom. The second-order valence-corrected chi connectivity index (χ2v) is 4.00. The maximum Gasteiger partial charge on any atom is 0.337 e. The van der Waals surface area contributed by atoms with Gasteiger partial charge in [0.05, 0.1) is 25.7 Å². The number of methoxy groups -OCH3 is 2. The number of ether oxygens (including phenoxy) is 2. The zero-order chi connectivity index (χ0) is 13.3. The van der Waals surface area contributed by atoms with E-state index in [1.54, 1.807) is 6.07 Å². The largest absolute Gasteiger partial charge is 0.469 e. The van der Waals surface area contributed by atoms with Crippen molar-refractivity contribution in [2.75, 3.05) is 14.2 Å². The first-order valence-corrected chi connectivity index (χ1v) is 5.41. The Kier molecular flexibility index (Phi) is 3.14. The summed E-state index contributed by atoms with van der Waals surface area (Å²) in [4.78, 5) is 34.7. The number of hydrogen-bond donors (Lipinski definition) is 0. The first-order valence-electron chi connectivity index (χ1n) is 5.41. The van der Waals surface area contributed by atoms with Crippen molar-refractivity contribution in [3.05, 3.63) is 34.9 Å². The third-order valence-electron chi connectivity index (χ3n) is 3.02. The normalized spacial score (nSPS) is 17.2. The molecule has 0 N–H and O–H groups in total. The average Bonchev–Trinajstić information content (AvgIpc) is 2.74. The van der Waals surface area contributed by atoms with Crippen LogP contribution in [-0.4, -0.2) is 31.9 Å². The van der Waals surface area contributed by atoms with Crippen molar-refractivity contribution >= 4 is 17.7 Å². The monoisotopic (exact) mass is 248 g/mol. The highest BCUT2D eigenvalue weighted by atomic mass is 16.5. The molecule has 2 rings (SSSR count). The Balaban J connectivity index is 2.46. The molecular formula is C13H12O5. The second-order valence-electron chi connectivity index (χ2n) is 4.00. The summed E-state index contributed by atoms with van der Waals surface area (Å²) in [6.07, 6.45) is 0.0899. The van der Waals surface area contributed by atoms with Crippen LogP contribution < -0.4 is 0 Å². The van der Waals surface area contributed by atoms with Crippen molar-refractivity contribution in [3.63, 3.8) is 0 Å². The molecule has 1 aliphatic rings. The van der Waals surface area contributed by atoms with Gasteiger partial charge in [-0.05, 0) is 17.7 Å². The topological polar surface area (TPSA) is 69.7 Å². The predicted molar refractivity (Wildman–Crippen MR) is 61.5 cm³/mol. The maximum atomic E-state index is 11.7. The Morgan fingerprint density at radius 2 is 1.94 bits per heavy atom. The Bertz CT molecular complexity index is 532. The smallest absolute Gasteiger partial charge is 0.337 e. The lowest BCUT2D eigenvalue weighted by Crippen LogP contribution is -2.12. The molecule has 0 saturated carbocycles. The molecule has 0 heterocycles. The predicted octanol–water partition coefficient (Wildman–Crippen LogP) is 1.32. The van der Waals surface area contributed by atoms with Gasteiger partial charge in [-0.2, -0.15) is 0 Å². The van der Waals surface area contributed by atoms with E-state index in [-0.39, 0.29) is 12.2 Å². The van der Waals surface area contributed by atoms with Crippen molar-refractivity contribution in [2.45, 2.75) is 12.3 Å². The number of rotatable bonds is 2. The highest BCUT2D eigenvalue weighted by molar-refractivity contribution is 6.06. The summed E-state index contributed by atoms with van der Waals surface area (Å²) < 4.78 is 9.26. The van der Waals surface area contributed by atoms with Gasteiger partial charge in [0, 0.05) is 12.0 Å². The van der Waals surface area contributed by atoms with E-state index in [1.807, 2.05) is 0 Å². The molecular weight excluding hydrogens is 236 g/mol. The summed E-state index contributed by atoms with van der Waals surface area (Å²) in [6, 6.07) is 4.59. The zero-order valence-electron chi connectivity index (χ0n) is 10.1. The minimum Gasteiger partial charge on any atom is -0.469 e. The zero-order valence-corrected chi connectivity index (χ0v) is 10.1. The third-order valence-corrected chi connectivity index (χ3v) is 3.02. The van der Waals surface area contributed by atoms with E-state index in [0.717, 1.165) is 0 Å². The van der Waals surface area contributed by atoms with Gasteiger partial charge in [0.1, 0.15) is 0 Å². The Hall–Kier alpha value is -2.17. The van der Waals surface area contributed by atoms with Crippen LogP contribution in [0.25, 0.3) is 0 Å². The fourth-order valence-electron chi connectivity index (χ4n) is 2.11. The maximum absolute atomic E-state index is 11.7. The molecule has 0 saturated heterocycles. The minimum absolute atomic E-state index is 0.0899. The van der Waals surface area contributed by atoms with Crippen LogP contribution in [0.4, 0.5) is 0 Å². The number of carbonyl (C=O) groups excluding carboxylic acids is 3. The van der Waals surface area contributed by atoms with Crippen molar-refractivity contribution in [2.24, 2.45) is 0 Å². The third kappa shape index (κ3) is 1.88. The second kappa shape index (κ2) is 4.60. The van der Waals surface area contributed by atoms with Gasteiger partial charge in [-0.15, -0.1) is 0 Å². The molecule has 0 radical (unpaired) electrons. The molecule has 0 fully saturated rings. The molecule has 1 aromatic rings. The highest BCUT2D eigenvalue weighted by Crippen LogP contribution is 2.34. The Labute approximate surface area is 104 Å². The van der Waals surface area contributed by atoms with Gasteiger partial charge < -0.3 is 9.47 Å². The highest BCUT2D eigenvalue weighted by Gasteiger charge is 2.35. The molecule has 5 heteroatoms. The lowest BCUT2D eigenvalue weighted by molar-refractivity contribution is -0.142. The van der Waals surface area contributed by atoms with E-state index in [1.165, 1.54) is 26.4 Å². The number of carbonyl (C=O) groups is 3. The first kappa shape index (κ1) is 12.3. The Morgan fingerprint density at radius 3 is 2.56 bits per heavy atom. The van der Waals surface area contributed by atoms with Gasteiger partial charge in [-0.3, -0.25) is 9.59 Å². The van der Waals surface area contributed by atoms with Crippen LogP contribution in [0.1, 0.15) is 38.6 Å². The van der Waals surface area contributed by atoms with Crippen LogP contribution in [0.3, 0.4) is 0 Å². The molecule has 94 valence electrons. The SMILES string of the molecule is COC(=O)c1ccc2c(c1)C(C(=O)OC)CC2=O. The van der Waals surface area contributed by atoms with E-state index in [2.05, 4.69) is 9.47 Å². The van der Waals surface area contributed by atoms with E-state index >= 15 is 0 Å². The quantitative estimate of drug-likeness (QED) is 0.738. The van der Waals surface area contributed by atoms with Crippen molar-refractivity contribution in [1.29, 1.82) is 0 Å². The van der Waals surface area contributed by atoms with Crippen molar-refractivity contribution in [1.82, 2.24) is 0 Å². The van der Waals surface area contributed by atoms with E-state index in [0.29, 0.717) is 16.7 Å². The molecule has 1 aromatic carbocycles. The van der Waals surface area contributed by atoms with Crippen LogP contribution in [0.2, 0.25) is 0 Å². The molecule has 18 heavy (non-hydrogen) atoms. The van der Waals surface area contributed by atoms with Crippen LogP contribution in [-0.2, 0) is 14.3 Å². The van der Waals surface area contributed by atoms with Crippen molar-refractivity contribution in [3.8, 4) is 0 Å². The number of fused-ring (bicyclic) bond motifs is 1. The first-order chi connectivity index (χ1) is 8.58. The van der Waals surface area contributed by atoms with E-state index < -0.39 is 17.9 Å². The lowest BCUT2D eigenvalue weighted by atomic mass is 9.99. The molecule has 0 aromatic heterocycles. The number of ketones is 1. The minimum atomic E-state index is -0.623. The number of esters is 2. The number of benzene rings is 1. The van der Waals surface area contributed by atoms with Crippen molar-refractivity contribution < 1.29 is 23.9 Å². The molecule has 1 atom stereocenters. The fourth-order valence-corrected chi connectivity index (χ4v) is 2.11. The molecule has 1 aliphatic carbocycles. The molecule has 0 spiro atoms. The summed E-state index contributed by atoms with van der Waals surface area (Å²) in [5, 5.41) is 0. The van der Waals surface area contributed by atoms with Crippen LogP contribution in [0.15, 0.2) is 18.2 Å². The van der Waals surface area contributed by atoms with Gasteiger partial charge in [0.25, 0.3) is 0 Å². The fraction of sp³-hybridized carbons (Fsp3) is 0.308. The average molecular weight is 248 g/mol. The lowest BCUT2D eigenvalue weighted by Gasteiger charge is -2.08. The molecule has 0 aliphatic heterocycles. The van der Waals surface area contributed by atoms with E-state index in [9.17, 15) is 14.4 Å². The summed E-state index contributed by atoms with van der Waals surface area (Å²) in [5.41, 5.74) is 1.33. The van der Waals surface area contributed by atoms with Crippen LogP contribution >= 0.6 is 0 Å². The molecule has 0 amide bonds. The molecule has 1 unspecified atom stereocenters. The van der Waals surface area contributed by atoms with Gasteiger partial charge in [-0.1, -0.05) is 6.07 Å². The van der Waals surface area contributed by atoms with Gasteiger partial charge in [-0.25, -0.2) is 4.79 Å². The number of hydrogen-bond acceptors (Lipinski definition) is 5. The standard InChI is InChI=1S/C13H12O5/c1-17-12(15)7-3-4-8-9(5-7)10(6-11(8)14)13(16)18-2/h3-5,10H,6H2,1-2H3. The van der Waals surface area contributed by atoms with Crippen LogP contribution in [0, 0.1) is 0 Å². The summed E-state index contributed by atoms with van der Waals surface area (Å²) in [5.74, 6) is -1.70.